The van der Waals surface area contributed by atoms with Crippen molar-refractivity contribution < 1.29 is 13.2 Å². The Bertz CT molecular complexity index is 455. The summed E-state index contributed by atoms with van der Waals surface area (Å²) in [6, 6.07) is 0.951. The van der Waals surface area contributed by atoms with Crippen molar-refractivity contribution in [1.29, 1.82) is 0 Å². The molecule has 1 aromatic heterocycles. The van der Waals surface area contributed by atoms with Crippen LogP contribution in [0.15, 0.2) is 6.07 Å². The van der Waals surface area contributed by atoms with Crippen LogP contribution in [0.3, 0.4) is 0 Å². The fourth-order valence-electron chi connectivity index (χ4n) is 1.61. The highest BCUT2D eigenvalue weighted by molar-refractivity contribution is 5.43. The van der Waals surface area contributed by atoms with Gasteiger partial charge in [0, 0.05) is 19.2 Å². The van der Waals surface area contributed by atoms with E-state index in [1.54, 1.807) is 6.92 Å². The van der Waals surface area contributed by atoms with E-state index in [2.05, 4.69) is 27.5 Å². The topological polar surface area (TPSA) is 49.8 Å². The van der Waals surface area contributed by atoms with Gasteiger partial charge in [-0.3, -0.25) is 0 Å². The van der Waals surface area contributed by atoms with Gasteiger partial charge in [-0.15, -0.1) is 0 Å². The standard InChI is InChI=1S/C12H17F3N4/c1-3-16-10-18-8(12(13,14)15)6-9(19-10)17-7-11(2)4-5-11/h6H,3-5,7H2,1-2H3,(H2,16,17,18,19). The monoisotopic (exact) mass is 274 g/mol. The lowest BCUT2D eigenvalue weighted by Crippen LogP contribution is -2.17. The fourth-order valence-corrected chi connectivity index (χ4v) is 1.61. The number of aromatic nitrogens is 2. The minimum absolute atomic E-state index is 0.000718. The molecule has 1 aromatic rings. The van der Waals surface area contributed by atoms with Crippen LogP contribution >= 0.6 is 0 Å². The molecule has 0 aromatic carbocycles. The Labute approximate surface area is 109 Å². The summed E-state index contributed by atoms with van der Waals surface area (Å²) in [6.07, 6.45) is -2.28. The maximum Gasteiger partial charge on any atom is 0.433 e. The number of hydrogen-bond donors (Lipinski definition) is 2. The molecule has 2 rings (SSSR count). The normalized spacial score (nSPS) is 17.1. The molecular formula is C12H17F3N4. The van der Waals surface area contributed by atoms with Crippen LogP contribution in [-0.2, 0) is 6.18 Å². The van der Waals surface area contributed by atoms with Gasteiger partial charge < -0.3 is 10.6 Å². The van der Waals surface area contributed by atoms with E-state index >= 15 is 0 Å². The summed E-state index contributed by atoms with van der Waals surface area (Å²) in [5.74, 6) is 0.215. The van der Waals surface area contributed by atoms with Crippen molar-refractivity contribution in [3.63, 3.8) is 0 Å². The number of halogens is 3. The molecule has 19 heavy (non-hydrogen) atoms. The first-order chi connectivity index (χ1) is 8.82. The fraction of sp³-hybridized carbons (Fsp3) is 0.667. The second kappa shape index (κ2) is 4.86. The maximum atomic E-state index is 12.7. The van der Waals surface area contributed by atoms with Crippen LogP contribution in [0.1, 0.15) is 32.4 Å². The molecule has 1 saturated carbocycles. The third-order valence-corrected chi connectivity index (χ3v) is 3.15. The summed E-state index contributed by atoms with van der Waals surface area (Å²) in [6.45, 7) is 4.98. The van der Waals surface area contributed by atoms with Gasteiger partial charge in [0.25, 0.3) is 0 Å². The molecule has 0 bridgehead atoms. The summed E-state index contributed by atoms with van der Waals surface area (Å²) in [5.41, 5.74) is -0.733. The zero-order chi connectivity index (χ0) is 14.1. The largest absolute Gasteiger partial charge is 0.433 e. The summed E-state index contributed by atoms with van der Waals surface area (Å²) in [5, 5.41) is 5.68. The zero-order valence-corrected chi connectivity index (χ0v) is 10.9. The van der Waals surface area contributed by atoms with Crippen LogP contribution in [0.4, 0.5) is 24.9 Å². The Morgan fingerprint density at radius 3 is 2.47 bits per heavy atom. The molecule has 1 aliphatic carbocycles. The third kappa shape index (κ3) is 3.71. The van der Waals surface area contributed by atoms with E-state index in [1.807, 2.05) is 0 Å². The first-order valence-electron chi connectivity index (χ1n) is 6.26. The van der Waals surface area contributed by atoms with Crippen molar-refractivity contribution in [2.75, 3.05) is 23.7 Å². The van der Waals surface area contributed by atoms with Gasteiger partial charge >= 0.3 is 6.18 Å². The lowest BCUT2D eigenvalue weighted by Gasteiger charge is -2.14. The molecule has 0 atom stereocenters. The predicted molar refractivity (Wildman–Crippen MR) is 67.0 cm³/mol. The number of nitrogens with one attached hydrogen (secondary N) is 2. The highest BCUT2D eigenvalue weighted by atomic mass is 19.4. The van der Waals surface area contributed by atoms with E-state index in [-0.39, 0.29) is 17.2 Å². The Hall–Kier alpha value is -1.53. The molecule has 106 valence electrons. The molecule has 2 N–H and O–H groups in total. The van der Waals surface area contributed by atoms with Gasteiger partial charge in [-0.25, -0.2) is 4.98 Å². The van der Waals surface area contributed by atoms with Gasteiger partial charge in [-0.05, 0) is 25.2 Å². The Kier molecular flexibility index (Phi) is 3.56. The Balaban J connectivity index is 2.18. The summed E-state index contributed by atoms with van der Waals surface area (Å²) < 4.78 is 38.2. The highest BCUT2D eigenvalue weighted by Gasteiger charge is 2.37. The molecule has 0 amide bonds. The van der Waals surface area contributed by atoms with E-state index < -0.39 is 11.9 Å². The lowest BCUT2D eigenvalue weighted by atomic mass is 10.1. The average molecular weight is 274 g/mol. The minimum Gasteiger partial charge on any atom is -0.369 e. The smallest absolute Gasteiger partial charge is 0.369 e. The van der Waals surface area contributed by atoms with Gasteiger partial charge in [-0.1, -0.05) is 6.92 Å². The SMILES string of the molecule is CCNc1nc(NCC2(C)CC2)cc(C(F)(F)F)n1. The third-order valence-electron chi connectivity index (χ3n) is 3.15. The van der Waals surface area contributed by atoms with Crippen LogP contribution in [-0.4, -0.2) is 23.1 Å². The minimum atomic E-state index is -4.47. The second-order valence-corrected chi connectivity index (χ2v) is 5.15. The van der Waals surface area contributed by atoms with Gasteiger partial charge in [0.05, 0.1) is 0 Å². The molecule has 0 spiro atoms. The van der Waals surface area contributed by atoms with Crippen molar-refractivity contribution >= 4 is 11.8 Å². The summed E-state index contributed by atoms with van der Waals surface area (Å²) in [7, 11) is 0. The van der Waals surface area contributed by atoms with Gasteiger partial charge in [0.2, 0.25) is 5.95 Å². The van der Waals surface area contributed by atoms with Crippen molar-refractivity contribution in [1.82, 2.24) is 9.97 Å². The van der Waals surface area contributed by atoms with Crippen LogP contribution in [0.25, 0.3) is 0 Å². The van der Waals surface area contributed by atoms with Gasteiger partial charge in [0.15, 0.2) is 5.69 Å². The molecule has 0 saturated heterocycles. The Morgan fingerprint density at radius 2 is 1.95 bits per heavy atom. The number of anilines is 2. The molecule has 7 heteroatoms. The first-order valence-corrected chi connectivity index (χ1v) is 6.26. The number of rotatable bonds is 5. The molecule has 1 heterocycles. The zero-order valence-electron chi connectivity index (χ0n) is 10.9. The van der Waals surface area contributed by atoms with Gasteiger partial charge in [0.1, 0.15) is 5.82 Å². The van der Waals surface area contributed by atoms with Crippen molar-refractivity contribution in [3.05, 3.63) is 11.8 Å². The molecule has 1 fully saturated rings. The average Bonchev–Trinajstić information content (AvgIpc) is 3.05. The molecule has 1 aliphatic rings. The van der Waals surface area contributed by atoms with E-state index in [1.165, 1.54) is 0 Å². The van der Waals surface area contributed by atoms with Crippen molar-refractivity contribution in [2.45, 2.75) is 32.9 Å². The first kappa shape index (κ1) is 13.9. The lowest BCUT2D eigenvalue weighted by molar-refractivity contribution is -0.141. The van der Waals surface area contributed by atoms with Crippen LogP contribution in [0, 0.1) is 5.41 Å². The van der Waals surface area contributed by atoms with E-state index in [0.717, 1.165) is 18.9 Å². The van der Waals surface area contributed by atoms with E-state index in [9.17, 15) is 13.2 Å². The molecule has 0 aliphatic heterocycles. The van der Waals surface area contributed by atoms with Gasteiger partial charge in [-0.2, -0.15) is 18.2 Å². The quantitative estimate of drug-likeness (QED) is 0.866. The van der Waals surface area contributed by atoms with Crippen LogP contribution in [0.2, 0.25) is 0 Å². The molecule has 4 nitrogen and oxygen atoms in total. The molecular weight excluding hydrogens is 257 g/mol. The van der Waals surface area contributed by atoms with Crippen LogP contribution in [0.5, 0.6) is 0 Å². The highest BCUT2D eigenvalue weighted by Crippen LogP contribution is 2.44. The molecule has 0 radical (unpaired) electrons. The second-order valence-electron chi connectivity index (χ2n) is 5.15. The van der Waals surface area contributed by atoms with Crippen LogP contribution < -0.4 is 10.6 Å². The van der Waals surface area contributed by atoms with E-state index in [4.69, 9.17) is 0 Å². The van der Waals surface area contributed by atoms with E-state index in [0.29, 0.717) is 13.1 Å². The summed E-state index contributed by atoms with van der Waals surface area (Å²) >= 11 is 0. The Morgan fingerprint density at radius 1 is 1.26 bits per heavy atom. The number of alkyl halides is 3. The van der Waals surface area contributed by atoms with Crippen molar-refractivity contribution in [2.24, 2.45) is 5.41 Å². The summed E-state index contributed by atoms with van der Waals surface area (Å²) in [4.78, 5) is 7.50. The predicted octanol–water partition coefficient (Wildman–Crippen LogP) is 3.14. The molecule has 0 unspecified atom stereocenters. The number of nitrogens with zero attached hydrogens (tertiary/aromatic N) is 2. The number of hydrogen-bond acceptors (Lipinski definition) is 4. The maximum absolute atomic E-state index is 12.7. The van der Waals surface area contributed by atoms with Crippen molar-refractivity contribution in [3.8, 4) is 0 Å².